The lowest BCUT2D eigenvalue weighted by Crippen LogP contribution is -2.18. The van der Waals surface area contributed by atoms with Gasteiger partial charge in [0.2, 0.25) is 0 Å². The summed E-state index contributed by atoms with van der Waals surface area (Å²) in [5, 5.41) is 7.47. The number of likely N-dealkylation sites (tertiary alicyclic amines) is 1. The summed E-state index contributed by atoms with van der Waals surface area (Å²) in [5.41, 5.74) is 5.82. The predicted molar refractivity (Wildman–Crippen MR) is 138 cm³/mol. The van der Waals surface area contributed by atoms with Gasteiger partial charge in [-0.3, -0.25) is 20.0 Å². The van der Waals surface area contributed by atoms with Crippen LogP contribution in [-0.4, -0.2) is 58.1 Å². The predicted octanol–water partition coefficient (Wildman–Crippen LogP) is 4.76. The summed E-state index contributed by atoms with van der Waals surface area (Å²) in [7, 11) is 0. The average Bonchev–Trinajstić information content (AvgIpc) is 3.69. The highest BCUT2D eigenvalue weighted by Gasteiger charge is 2.22. The molecule has 1 saturated heterocycles. The Hall–Kier alpha value is -4.57. The van der Waals surface area contributed by atoms with Crippen molar-refractivity contribution >= 4 is 22.2 Å². The van der Waals surface area contributed by atoms with Crippen LogP contribution in [0.3, 0.4) is 0 Å². The van der Waals surface area contributed by atoms with Gasteiger partial charge in [-0.2, -0.15) is 5.10 Å². The van der Waals surface area contributed by atoms with Gasteiger partial charge < -0.3 is 4.98 Å². The molecule has 0 amide bonds. The van der Waals surface area contributed by atoms with Crippen molar-refractivity contribution in [2.45, 2.75) is 19.4 Å². The minimum absolute atomic E-state index is 0.268. The fourth-order valence-corrected chi connectivity index (χ4v) is 5.03. The first kappa shape index (κ1) is 21.7. The van der Waals surface area contributed by atoms with E-state index in [1.165, 1.54) is 19.0 Å². The van der Waals surface area contributed by atoms with Gasteiger partial charge in [-0.05, 0) is 49.7 Å². The number of rotatable bonds is 5. The van der Waals surface area contributed by atoms with Crippen LogP contribution in [0, 0.1) is 5.82 Å². The summed E-state index contributed by atoms with van der Waals surface area (Å²) < 4.78 is 16.1. The van der Waals surface area contributed by atoms with E-state index in [1.54, 1.807) is 24.8 Å². The Morgan fingerprint density at radius 1 is 0.892 bits per heavy atom. The first-order valence-corrected chi connectivity index (χ1v) is 12.2. The van der Waals surface area contributed by atoms with E-state index < -0.39 is 5.82 Å². The zero-order chi connectivity index (χ0) is 24.8. The first-order valence-electron chi connectivity index (χ1n) is 12.2. The Kier molecular flexibility index (Phi) is 5.17. The van der Waals surface area contributed by atoms with Gasteiger partial charge in [-0.25, -0.2) is 19.3 Å². The first-order chi connectivity index (χ1) is 18.2. The molecular weight excluding hydrogens is 469 g/mol. The van der Waals surface area contributed by atoms with Crippen molar-refractivity contribution in [1.82, 2.24) is 45.0 Å². The van der Waals surface area contributed by atoms with E-state index in [-0.39, 0.29) is 5.39 Å². The molecule has 0 bridgehead atoms. The second-order valence-electron chi connectivity index (χ2n) is 9.23. The molecule has 1 fully saturated rings. The van der Waals surface area contributed by atoms with Crippen molar-refractivity contribution in [1.29, 1.82) is 0 Å². The molecule has 37 heavy (non-hydrogen) atoms. The highest BCUT2D eigenvalue weighted by Crippen LogP contribution is 2.34. The maximum Gasteiger partial charge on any atom is 0.161 e. The van der Waals surface area contributed by atoms with Crippen LogP contribution in [0.4, 0.5) is 4.39 Å². The third-order valence-corrected chi connectivity index (χ3v) is 6.82. The Bertz CT molecular complexity index is 1740. The van der Waals surface area contributed by atoms with Gasteiger partial charge in [0, 0.05) is 66.0 Å². The van der Waals surface area contributed by atoms with Gasteiger partial charge in [0.1, 0.15) is 17.0 Å². The van der Waals surface area contributed by atoms with Crippen LogP contribution < -0.4 is 0 Å². The summed E-state index contributed by atoms with van der Waals surface area (Å²) in [4.78, 5) is 27.8. The molecule has 0 unspecified atom stereocenters. The normalized spacial score (nSPS) is 14.2. The molecule has 0 aliphatic carbocycles. The Balaban J connectivity index is 1.32. The number of hydrogen-bond donors (Lipinski definition) is 2. The maximum absolute atomic E-state index is 16.1. The number of aromatic nitrogens is 8. The number of aromatic amines is 2. The lowest BCUT2D eigenvalue weighted by molar-refractivity contribution is 0.331. The minimum atomic E-state index is -0.422. The zero-order valence-electron chi connectivity index (χ0n) is 19.8. The van der Waals surface area contributed by atoms with Crippen LogP contribution in [0.1, 0.15) is 18.4 Å². The van der Waals surface area contributed by atoms with Crippen molar-refractivity contribution in [2.24, 2.45) is 0 Å². The van der Waals surface area contributed by atoms with E-state index in [2.05, 4.69) is 40.0 Å². The molecule has 6 aromatic heterocycles. The second-order valence-corrected chi connectivity index (χ2v) is 9.23. The van der Waals surface area contributed by atoms with Crippen LogP contribution in [-0.2, 0) is 6.54 Å². The van der Waals surface area contributed by atoms with E-state index in [0.717, 1.165) is 36.3 Å². The summed E-state index contributed by atoms with van der Waals surface area (Å²) in [6.07, 6.45) is 12.7. The monoisotopic (exact) mass is 491 g/mol. The molecule has 0 aromatic carbocycles. The van der Waals surface area contributed by atoms with Gasteiger partial charge in [0.25, 0.3) is 0 Å². The number of nitrogens with one attached hydrogen (secondary N) is 2. The molecule has 1 aliphatic rings. The summed E-state index contributed by atoms with van der Waals surface area (Å²) in [5.74, 6) is -0.0152. The molecular formula is C27H22FN9. The van der Waals surface area contributed by atoms with Gasteiger partial charge >= 0.3 is 0 Å². The zero-order valence-corrected chi connectivity index (χ0v) is 19.8. The van der Waals surface area contributed by atoms with E-state index in [0.29, 0.717) is 39.5 Å². The summed E-state index contributed by atoms with van der Waals surface area (Å²) in [6.45, 7) is 2.97. The largest absolute Gasteiger partial charge is 0.321 e. The maximum atomic E-state index is 16.1. The smallest absolute Gasteiger partial charge is 0.161 e. The van der Waals surface area contributed by atoms with Gasteiger partial charge in [0.05, 0.1) is 5.39 Å². The lowest BCUT2D eigenvalue weighted by Gasteiger charge is -2.15. The van der Waals surface area contributed by atoms with E-state index in [4.69, 9.17) is 4.98 Å². The van der Waals surface area contributed by atoms with Crippen LogP contribution in [0.15, 0.2) is 61.4 Å². The molecule has 0 radical (unpaired) electrons. The van der Waals surface area contributed by atoms with Crippen LogP contribution in [0.25, 0.3) is 56.0 Å². The minimum Gasteiger partial charge on any atom is -0.321 e. The lowest BCUT2D eigenvalue weighted by atomic mass is 10.0. The molecule has 0 saturated carbocycles. The number of nitrogens with zero attached hydrogens (tertiary/aromatic N) is 7. The average molecular weight is 492 g/mol. The Morgan fingerprint density at radius 2 is 1.78 bits per heavy atom. The van der Waals surface area contributed by atoms with Gasteiger partial charge in [0.15, 0.2) is 17.1 Å². The van der Waals surface area contributed by atoms with Gasteiger partial charge in [-0.15, -0.1) is 0 Å². The highest BCUT2D eigenvalue weighted by molar-refractivity contribution is 5.96. The standard InChI is InChI=1S/C27H22FN9/c28-22-20(18-10-16(11-30-13-18)15-37-8-1-2-9-37)14-32-25-21(22)24(35-36-25)27-33-23-19(5-7-31-26(23)34-27)17-4-3-6-29-12-17/h3-7,10-14H,1-2,8-9,15H2,(H,31,33,34)(H,32,35,36). The number of fused-ring (bicyclic) bond motifs is 2. The Labute approximate surface area is 210 Å². The third-order valence-electron chi connectivity index (χ3n) is 6.82. The molecule has 0 spiro atoms. The number of halogens is 1. The number of imidazole rings is 1. The van der Waals surface area contributed by atoms with Crippen LogP contribution in [0.2, 0.25) is 0 Å². The molecule has 9 nitrogen and oxygen atoms in total. The highest BCUT2D eigenvalue weighted by atomic mass is 19.1. The fourth-order valence-electron chi connectivity index (χ4n) is 5.03. The molecule has 6 aromatic rings. The quantitative estimate of drug-likeness (QED) is 0.358. The van der Waals surface area contributed by atoms with Crippen molar-refractivity contribution in [2.75, 3.05) is 13.1 Å². The molecule has 7 rings (SSSR count). The summed E-state index contributed by atoms with van der Waals surface area (Å²) >= 11 is 0. The van der Waals surface area contributed by atoms with Crippen LogP contribution in [0.5, 0.6) is 0 Å². The molecule has 2 N–H and O–H groups in total. The molecule has 182 valence electrons. The van der Waals surface area contributed by atoms with E-state index >= 15 is 4.39 Å². The van der Waals surface area contributed by atoms with E-state index in [1.807, 2.05) is 30.5 Å². The molecule has 0 atom stereocenters. The van der Waals surface area contributed by atoms with E-state index in [9.17, 15) is 0 Å². The second kappa shape index (κ2) is 8.82. The fraction of sp³-hybridized carbons (Fsp3) is 0.185. The number of pyridine rings is 4. The molecule has 10 heteroatoms. The van der Waals surface area contributed by atoms with Crippen molar-refractivity contribution in [3.8, 4) is 33.8 Å². The molecule has 7 heterocycles. The summed E-state index contributed by atoms with van der Waals surface area (Å²) in [6, 6.07) is 7.70. The SMILES string of the molecule is Fc1c(-c2cncc(CN3CCCC3)c2)cnc2[nH]nc(-c3nc4c(-c5cccnc5)ccnc4[nH]3)c12. The third kappa shape index (κ3) is 3.82. The number of hydrogen-bond acceptors (Lipinski definition) is 7. The van der Waals surface area contributed by atoms with Crippen molar-refractivity contribution in [3.63, 3.8) is 0 Å². The Morgan fingerprint density at radius 3 is 2.65 bits per heavy atom. The van der Waals surface area contributed by atoms with Crippen molar-refractivity contribution < 1.29 is 4.39 Å². The topological polar surface area (TPSA) is 112 Å². The molecule has 1 aliphatic heterocycles. The van der Waals surface area contributed by atoms with Gasteiger partial charge in [-0.1, -0.05) is 6.07 Å². The van der Waals surface area contributed by atoms with Crippen LogP contribution >= 0.6 is 0 Å². The van der Waals surface area contributed by atoms with Crippen molar-refractivity contribution in [3.05, 3.63) is 72.8 Å². The number of H-pyrrole nitrogens is 2.